The van der Waals surface area contributed by atoms with Gasteiger partial charge >= 0.3 is 6.18 Å². The van der Waals surface area contributed by atoms with E-state index < -0.39 is 35.4 Å². The lowest BCUT2D eigenvalue weighted by Gasteiger charge is -2.33. The summed E-state index contributed by atoms with van der Waals surface area (Å²) >= 11 is 0. The first kappa shape index (κ1) is 22.2. The van der Waals surface area contributed by atoms with Gasteiger partial charge in [0.25, 0.3) is 5.91 Å². The highest BCUT2D eigenvalue weighted by Crippen LogP contribution is 2.41. The van der Waals surface area contributed by atoms with Crippen molar-refractivity contribution in [1.29, 1.82) is 0 Å². The fraction of sp³-hybridized carbons (Fsp3) is 0.304. The van der Waals surface area contributed by atoms with Gasteiger partial charge in [-0.05, 0) is 37.0 Å². The molecule has 1 aliphatic heterocycles. The molecule has 1 saturated heterocycles. The molecule has 1 aliphatic carbocycles. The molecule has 2 aliphatic rings. The molecule has 2 aromatic heterocycles. The molecule has 2 fully saturated rings. The molecular formula is C23H17F5N4O2. The van der Waals surface area contributed by atoms with Gasteiger partial charge in [0.05, 0.1) is 35.1 Å². The second kappa shape index (κ2) is 8.30. The minimum absolute atomic E-state index is 0.0316. The van der Waals surface area contributed by atoms with E-state index in [1.807, 2.05) is 0 Å². The Morgan fingerprint density at radius 3 is 2.41 bits per heavy atom. The average molecular weight is 476 g/mol. The van der Waals surface area contributed by atoms with Crippen LogP contribution in [-0.4, -0.2) is 44.4 Å². The standard InChI is InChI=1S/C23H17F5N4O2/c24-14-9-30-21(31-10-14)20-15(2-1-3-16(20)25)22(33)32-11-12-6-17(32)18(7-12)34-19-5-4-13(8-29-19)23(26,27)28/h1-5,8-10,12,17-18H,6-7,11H2/t12-,17+,18-/m1/s1. The van der Waals surface area contributed by atoms with Crippen LogP contribution in [0.4, 0.5) is 22.0 Å². The van der Waals surface area contributed by atoms with Crippen molar-refractivity contribution >= 4 is 5.91 Å². The highest BCUT2D eigenvalue weighted by atomic mass is 19.4. The first-order valence-corrected chi connectivity index (χ1v) is 10.5. The Labute approximate surface area is 190 Å². The van der Waals surface area contributed by atoms with Crippen molar-refractivity contribution in [2.45, 2.75) is 31.2 Å². The summed E-state index contributed by atoms with van der Waals surface area (Å²) in [5, 5.41) is 0. The predicted octanol–water partition coefficient (Wildman–Crippen LogP) is 4.52. The van der Waals surface area contributed by atoms with E-state index >= 15 is 0 Å². The smallest absolute Gasteiger partial charge is 0.417 e. The van der Waals surface area contributed by atoms with Crippen LogP contribution in [0.5, 0.6) is 5.88 Å². The summed E-state index contributed by atoms with van der Waals surface area (Å²) in [5.74, 6) is -1.82. The van der Waals surface area contributed by atoms with Crippen LogP contribution < -0.4 is 4.74 Å². The lowest BCUT2D eigenvalue weighted by atomic mass is 10.0. The number of piperidine rings is 1. The van der Waals surface area contributed by atoms with Crippen molar-refractivity contribution < 1.29 is 31.5 Å². The van der Waals surface area contributed by atoms with Gasteiger partial charge in [-0.3, -0.25) is 4.79 Å². The molecule has 6 nitrogen and oxygen atoms in total. The maximum Gasteiger partial charge on any atom is 0.417 e. The third-order valence-corrected chi connectivity index (χ3v) is 6.11. The zero-order chi connectivity index (χ0) is 24.0. The minimum Gasteiger partial charge on any atom is -0.472 e. The molecule has 0 radical (unpaired) electrons. The largest absolute Gasteiger partial charge is 0.472 e. The number of rotatable bonds is 4. The molecule has 1 aromatic carbocycles. The minimum atomic E-state index is -4.50. The highest BCUT2D eigenvalue weighted by Gasteiger charge is 2.49. The Bertz CT molecular complexity index is 1220. The Balaban J connectivity index is 1.38. The van der Waals surface area contributed by atoms with E-state index in [-0.39, 0.29) is 34.8 Å². The van der Waals surface area contributed by atoms with Gasteiger partial charge in [0.2, 0.25) is 5.88 Å². The summed E-state index contributed by atoms with van der Waals surface area (Å²) in [7, 11) is 0. The molecule has 1 amide bonds. The third-order valence-electron chi connectivity index (χ3n) is 6.11. The molecule has 176 valence electrons. The number of amides is 1. The van der Waals surface area contributed by atoms with Crippen LogP contribution in [-0.2, 0) is 6.18 Å². The number of ether oxygens (including phenoxy) is 1. The summed E-state index contributed by atoms with van der Waals surface area (Å²) < 4.78 is 72.1. The van der Waals surface area contributed by atoms with Crippen LogP contribution in [0.15, 0.2) is 48.9 Å². The SMILES string of the molecule is O=C(c1cccc(F)c1-c1ncc(F)cn1)N1C[C@H]2C[C@@H](Oc3ccc(C(F)(F)F)cn3)[C@@H]1C2. The number of hydrogen-bond donors (Lipinski definition) is 0. The van der Waals surface area contributed by atoms with Crippen LogP contribution >= 0.6 is 0 Å². The first-order chi connectivity index (χ1) is 16.2. The van der Waals surface area contributed by atoms with Crippen LogP contribution in [0.25, 0.3) is 11.4 Å². The van der Waals surface area contributed by atoms with E-state index in [2.05, 4.69) is 15.0 Å². The number of hydrogen-bond acceptors (Lipinski definition) is 5. The molecule has 0 spiro atoms. The second-order valence-corrected chi connectivity index (χ2v) is 8.29. The van der Waals surface area contributed by atoms with Crippen LogP contribution in [0.3, 0.4) is 0 Å². The second-order valence-electron chi connectivity index (χ2n) is 8.29. The number of pyridine rings is 1. The lowest BCUT2D eigenvalue weighted by molar-refractivity contribution is -0.137. The number of fused-ring (bicyclic) bond motifs is 2. The number of carbonyl (C=O) groups is 1. The van der Waals surface area contributed by atoms with Crippen molar-refractivity contribution in [3.8, 4) is 17.3 Å². The molecule has 3 atom stereocenters. The Morgan fingerprint density at radius 1 is 1.00 bits per heavy atom. The normalized spacial score (nSPS) is 21.7. The van der Waals surface area contributed by atoms with Crippen LogP contribution in [0.2, 0.25) is 0 Å². The van der Waals surface area contributed by atoms with Crippen molar-refractivity contribution in [2.24, 2.45) is 5.92 Å². The van der Waals surface area contributed by atoms with Gasteiger partial charge in [-0.15, -0.1) is 0 Å². The maximum atomic E-state index is 14.7. The van der Waals surface area contributed by atoms with Gasteiger partial charge in [0, 0.05) is 18.8 Å². The summed E-state index contributed by atoms with van der Waals surface area (Å²) in [6.45, 7) is 0.435. The number of alkyl halides is 3. The monoisotopic (exact) mass is 476 g/mol. The van der Waals surface area contributed by atoms with Crippen molar-refractivity contribution in [3.63, 3.8) is 0 Å². The Kier molecular flexibility index (Phi) is 5.41. The number of likely N-dealkylation sites (tertiary alicyclic amines) is 1. The molecule has 3 heterocycles. The molecule has 3 aromatic rings. The number of nitrogens with zero attached hydrogens (tertiary/aromatic N) is 4. The van der Waals surface area contributed by atoms with Crippen LogP contribution in [0.1, 0.15) is 28.8 Å². The lowest BCUT2D eigenvalue weighted by Crippen LogP contribution is -2.47. The molecule has 34 heavy (non-hydrogen) atoms. The summed E-state index contributed by atoms with van der Waals surface area (Å²) in [6.07, 6.45) is -1.22. The quantitative estimate of drug-likeness (QED) is 0.518. The van der Waals surface area contributed by atoms with E-state index in [0.717, 1.165) is 30.6 Å². The van der Waals surface area contributed by atoms with Gasteiger partial charge in [-0.1, -0.05) is 6.07 Å². The topological polar surface area (TPSA) is 68.2 Å². The number of halogens is 5. The molecule has 0 unspecified atom stereocenters. The highest BCUT2D eigenvalue weighted by molar-refractivity contribution is 6.00. The van der Waals surface area contributed by atoms with Crippen molar-refractivity contribution in [3.05, 3.63) is 71.7 Å². The summed E-state index contributed by atoms with van der Waals surface area (Å²) in [6, 6.07) is 5.69. The van der Waals surface area contributed by atoms with Gasteiger partial charge in [-0.2, -0.15) is 13.2 Å². The molecule has 11 heteroatoms. The number of benzene rings is 1. The zero-order valence-electron chi connectivity index (χ0n) is 17.5. The van der Waals surface area contributed by atoms with Gasteiger partial charge in [0.1, 0.15) is 11.9 Å². The molecule has 0 N–H and O–H groups in total. The van der Waals surface area contributed by atoms with E-state index in [4.69, 9.17) is 4.74 Å². The van der Waals surface area contributed by atoms with Crippen LogP contribution in [0, 0.1) is 17.6 Å². The number of carbonyl (C=O) groups excluding carboxylic acids is 1. The van der Waals surface area contributed by atoms with E-state index in [9.17, 15) is 26.7 Å². The molecule has 2 bridgehead atoms. The van der Waals surface area contributed by atoms with Crippen molar-refractivity contribution in [2.75, 3.05) is 6.54 Å². The Hall–Kier alpha value is -3.63. The fourth-order valence-corrected chi connectivity index (χ4v) is 4.62. The maximum absolute atomic E-state index is 14.7. The first-order valence-electron chi connectivity index (χ1n) is 10.5. The van der Waals surface area contributed by atoms with E-state index in [1.54, 1.807) is 4.90 Å². The Morgan fingerprint density at radius 2 is 1.76 bits per heavy atom. The fourth-order valence-electron chi connectivity index (χ4n) is 4.62. The van der Waals surface area contributed by atoms with Gasteiger partial charge in [0.15, 0.2) is 11.6 Å². The summed E-state index contributed by atoms with van der Waals surface area (Å²) in [4.78, 5) is 26.4. The van der Waals surface area contributed by atoms with Crippen molar-refractivity contribution in [1.82, 2.24) is 19.9 Å². The third kappa shape index (κ3) is 4.06. The molecule has 5 rings (SSSR count). The number of aromatic nitrogens is 3. The van der Waals surface area contributed by atoms with E-state index in [1.165, 1.54) is 12.1 Å². The average Bonchev–Trinajstić information content (AvgIpc) is 3.40. The molecule has 1 saturated carbocycles. The summed E-state index contributed by atoms with van der Waals surface area (Å²) in [5.41, 5.74) is -0.978. The van der Waals surface area contributed by atoms with Gasteiger partial charge in [-0.25, -0.2) is 23.7 Å². The molecular weight excluding hydrogens is 459 g/mol. The van der Waals surface area contributed by atoms with Gasteiger partial charge < -0.3 is 9.64 Å². The predicted molar refractivity (Wildman–Crippen MR) is 109 cm³/mol. The van der Waals surface area contributed by atoms with E-state index in [0.29, 0.717) is 25.6 Å². The zero-order valence-corrected chi connectivity index (χ0v) is 17.5.